The molecule has 0 unspecified atom stereocenters. The molecule has 126 valence electrons. The van der Waals surface area contributed by atoms with Crippen molar-refractivity contribution in [2.24, 2.45) is 0 Å². The Morgan fingerprint density at radius 3 is 2.72 bits per heavy atom. The molecule has 8 heteroatoms. The number of halogens is 1. The summed E-state index contributed by atoms with van der Waals surface area (Å²) in [6, 6.07) is 9.30. The normalized spacial score (nSPS) is 13.6. The van der Waals surface area contributed by atoms with Gasteiger partial charge in [0.2, 0.25) is 0 Å². The van der Waals surface area contributed by atoms with Crippen molar-refractivity contribution in [2.45, 2.75) is 13.2 Å². The first kappa shape index (κ1) is 15.3. The van der Waals surface area contributed by atoms with Crippen LogP contribution < -0.4 is 9.64 Å². The lowest BCUT2D eigenvalue weighted by Crippen LogP contribution is -2.40. The fraction of sp³-hybridized carbons (Fsp3) is 0.176. The highest BCUT2D eigenvalue weighted by atomic mass is 19.1. The van der Waals surface area contributed by atoms with Gasteiger partial charge in [-0.1, -0.05) is 0 Å². The summed E-state index contributed by atoms with van der Waals surface area (Å²) in [6.45, 7) is 1.28. The molecule has 3 aromatic rings. The summed E-state index contributed by atoms with van der Waals surface area (Å²) in [5, 5.41) is 11.8. The van der Waals surface area contributed by atoms with Crippen LogP contribution in [0.3, 0.4) is 0 Å². The lowest BCUT2D eigenvalue weighted by molar-refractivity contribution is 0.0962. The first-order chi connectivity index (χ1) is 12.2. The SMILES string of the molecule is O=C1c2cc(COc3ccnnc3)nn2CCN1c1ccc(F)cc1. The van der Waals surface area contributed by atoms with Gasteiger partial charge in [0, 0.05) is 18.3 Å². The van der Waals surface area contributed by atoms with Crippen LogP contribution in [-0.2, 0) is 13.2 Å². The summed E-state index contributed by atoms with van der Waals surface area (Å²) in [5.74, 6) is 0.0886. The van der Waals surface area contributed by atoms with Crippen molar-refractivity contribution in [3.63, 3.8) is 0 Å². The van der Waals surface area contributed by atoms with Gasteiger partial charge in [0.05, 0.1) is 18.9 Å². The van der Waals surface area contributed by atoms with E-state index in [-0.39, 0.29) is 18.3 Å². The summed E-state index contributed by atoms with van der Waals surface area (Å²) in [4.78, 5) is 14.3. The molecule has 7 nitrogen and oxygen atoms in total. The Labute approximate surface area is 142 Å². The van der Waals surface area contributed by atoms with Gasteiger partial charge in [-0.2, -0.15) is 15.3 Å². The van der Waals surface area contributed by atoms with E-state index in [9.17, 15) is 9.18 Å². The summed E-state index contributed by atoms with van der Waals surface area (Å²) in [6.07, 6.45) is 3.05. The number of hydrogen-bond acceptors (Lipinski definition) is 5. The minimum absolute atomic E-state index is 0.165. The lowest BCUT2D eigenvalue weighted by Gasteiger charge is -2.27. The van der Waals surface area contributed by atoms with E-state index in [1.165, 1.54) is 24.5 Å². The molecule has 2 aromatic heterocycles. The number of anilines is 1. The molecule has 0 aliphatic carbocycles. The Morgan fingerprint density at radius 1 is 1.12 bits per heavy atom. The number of aromatic nitrogens is 4. The van der Waals surface area contributed by atoms with Gasteiger partial charge >= 0.3 is 0 Å². The maximum atomic E-state index is 13.1. The molecule has 0 atom stereocenters. The number of rotatable bonds is 4. The molecule has 1 aliphatic heterocycles. The first-order valence-corrected chi connectivity index (χ1v) is 7.74. The summed E-state index contributed by atoms with van der Waals surface area (Å²) in [7, 11) is 0. The zero-order chi connectivity index (χ0) is 17.2. The molecule has 1 amide bonds. The van der Waals surface area contributed by atoms with Crippen LogP contribution in [0.2, 0.25) is 0 Å². The highest BCUT2D eigenvalue weighted by Gasteiger charge is 2.27. The van der Waals surface area contributed by atoms with Crippen LogP contribution in [0.4, 0.5) is 10.1 Å². The van der Waals surface area contributed by atoms with Crippen molar-refractivity contribution in [1.29, 1.82) is 0 Å². The largest absolute Gasteiger partial charge is 0.485 e. The minimum Gasteiger partial charge on any atom is -0.485 e. The van der Waals surface area contributed by atoms with E-state index < -0.39 is 0 Å². The topological polar surface area (TPSA) is 73.1 Å². The molecule has 1 aliphatic rings. The number of hydrogen-bond donors (Lipinski definition) is 0. The second-order valence-electron chi connectivity index (χ2n) is 5.54. The third-order valence-corrected chi connectivity index (χ3v) is 3.91. The smallest absolute Gasteiger partial charge is 0.276 e. The van der Waals surface area contributed by atoms with Crippen molar-refractivity contribution < 1.29 is 13.9 Å². The third kappa shape index (κ3) is 3.06. The van der Waals surface area contributed by atoms with Crippen LogP contribution in [0.25, 0.3) is 0 Å². The summed E-state index contributed by atoms with van der Waals surface area (Å²) < 4.78 is 20.3. The van der Waals surface area contributed by atoms with Crippen LogP contribution in [0.5, 0.6) is 5.75 Å². The monoisotopic (exact) mass is 339 g/mol. The molecule has 0 saturated heterocycles. The maximum absolute atomic E-state index is 13.1. The number of ether oxygens (including phenoxy) is 1. The van der Waals surface area contributed by atoms with Crippen LogP contribution in [-0.4, -0.2) is 32.4 Å². The Bertz CT molecular complexity index is 895. The number of fused-ring (bicyclic) bond motifs is 1. The van der Waals surface area contributed by atoms with Crippen molar-refractivity contribution in [3.8, 4) is 5.75 Å². The predicted molar refractivity (Wildman–Crippen MR) is 86.7 cm³/mol. The van der Waals surface area contributed by atoms with E-state index in [1.807, 2.05) is 0 Å². The highest BCUT2D eigenvalue weighted by molar-refractivity contribution is 6.05. The summed E-state index contributed by atoms with van der Waals surface area (Å²) >= 11 is 0. The van der Waals surface area contributed by atoms with E-state index in [0.29, 0.717) is 35.9 Å². The molecule has 4 rings (SSSR count). The fourth-order valence-electron chi connectivity index (χ4n) is 2.71. The quantitative estimate of drug-likeness (QED) is 0.727. The number of benzene rings is 1. The van der Waals surface area contributed by atoms with Gasteiger partial charge in [-0.15, -0.1) is 0 Å². The number of carbonyl (C=O) groups is 1. The molecule has 0 N–H and O–H groups in total. The average molecular weight is 339 g/mol. The molecule has 3 heterocycles. The Kier molecular flexibility index (Phi) is 3.85. The molecule has 1 aromatic carbocycles. The third-order valence-electron chi connectivity index (χ3n) is 3.91. The molecule has 25 heavy (non-hydrogen) atoms. The second kappa shape index (κ2) is 6.31. The molecule has 0 bridgehead atoms. The zero-order valence-corrected chi connectivity index (χ0v) is 13.2. The Balaban J connectivity index is 1.51. The van der Waals surface area contributed by atoms with E-state index >= 15 is 0 Å². The van der Waals surface area contributed by atoms with Gasteiger partial charge in [-0.25, -0.2) is 4.39 Å². The van der Waals surface area contributed by atoms with Crippen molar-refractivity contribution in [2.75, 3.05) is 11.4 Å². The number of nitrogens with zero attached hydrogens (tertiary/aromatic N) is 5. The maximum Gasteiger partial charge on any atom is 0.276 e. The molecular formula is C17H14FN5O2. The van der Waals surface area contributed by atoms with Gasteiger partial charge < -0.3 is 9.64 Å². The zero-order valence-electron chi connectivity index (χ0n) is 13.2. The molecule has 0 fully saturated rings. The Hall–Kier alpha value is -3.29. The van der Waals surface area contributed by atoms with E-state index in [0.717, 1.165) is 0 Å². The molecule has 0 radical (unpaired) electrons. The van der Waals surface area contributed by atoms with E-state index in [4.69, 9.17) is 4.74 Å². The molecule has 0 saturated carbocycles. The van der Waals surface area contributed by atoms with Crippen molar-refractivity contribution in [1.82, 2.24) is 20.0 Å². The van der Waals surface area contributed by atoms with Gasteiger partial charge in [0.15, 0.2) is 0 Å². The van der Waals surface area contributed by atoms with Crippen molar-refractivity contribution >= 4 is 11.6 Å². The van der Waals surface area contributed by atoms with Crippen LogP contribution >= 0.6 is 0 Å². The molecule has 0 spiro atoms. The van der Waals surface area contributed by atoms with Crippen LogP contribution in [0, 0.1) is 5.82 Å². The van der Waals surface area contributed by atoms with Gasteiger partial charge in [0.1, 0.15) is 29.6 Å². The second-order valence-corrected chi connectivity index (χ2v) is 5.54. The number of carbonyl (C=O) groups excluding carboxylic acids is 1. The summed E-state index contributed by atoms with van der Waals surface area (Å²) in [5.41, 5.74) is 1.81. The standard InChI is InChI=1S/C17H14FN5O2/c18-12-1-3-14(4-2-12)22-7-8-23-16(17(22)24)9-13(21-23)11-25-15-5-6-19-20-10-15/h1-6,9-10H,7-8,11H2. The molecular weight excluding hydrogens is 325 g/mol. The van der Waals surface area contributed by atoms with Crippen LogP contribution in [0.1, 0.15) is 16.2 Å². The van der Waals surface area contributed by atoms with E-state index in [2.05, 4.69) is 15.3 Å². The fourth-order valence-corrected chi connectivity index (χ4v) is 2.71. The first-order valence-electron chi connectivity index (χ1n) is 7.74. The van der Waals surface area contributed by atoms with Gasteiger partial charge in [0.25, 0.3) is 5.91 Å². The van der Waals surface area contributed by atoms with E-state index in [1.54, 1.807) is 33.8 Å². The van der Waals surface area contributed by atoms with Crippen LogP contribution in [0.15, 0.2) is 48.8 Å². The predicted octanol–water partition coefficient (Wildman–Crippen LogP) is 2.05. The Morgan fingerprint density at radius 2 is 1.96 bits per heavy atom. The number of amides is 1. The van der Waals surface area contributed by atoms with Gasteiger partial charge in [-0.3, -0.25) is 9.48 Å². The highest BCUT2D eigenvalue weighted by Crippen LogP contribution is 2.22. The lowest BCUT2D eigenvalue weighted by atomic mass is 10.2. The minimum atomic E-state index is -0.330. The van der Waals surface area contributed by atoms with Crippen molar-refractivity contribution in [3.05, 3.63) is 66.0 Å². The average Bonchev–Trinajstić information content (AvgIpc) is 3.06. The van der Waals surface area contributed by atoms with Gasteiger partial charge in [-0.05, 0) is 30.3 Å².